The van der Waals surface area contributed by atoms with Crippen molar-refractivity contribution in [2.75, 3.05) is 19.0 Å². The molecule has 1 aliphatic heterocycles. The highest BCUT2D eigenvalue weighted by Crippen LogP contribution is 2.36. The number of anilines is 1. The number of amides is 3. The van der Waals surface area contributed by atoms with Crippen molar-refractivity contribution >= 4 is 51.4 Å². The minimum Gasteiger partial charge on any atom is -0.496 e. The number of carbonyl (C=O) groups is 3. The Labute approximate surface area is 183 Å². The second-order valence-electron chi connectivity index (χ2n) is 7.09. The van der Waals surface area contributed by atoms with E-state index in [4.69, 9.17) is 4.74 Å². The van der Waals surface area contributed by atoms with Crippen LogP contribution in [-0.2, 0) is 9.59 Å². The van der Waals surface area contributed by atoms with Crippen LogP contribution in [0.25, 0.3) is 16.8 Å². The molecule has 3 amide bonds. The van der Waals surface area contributed by atoms with Crippen LogP contribution in [-0.4, -0.2) is 35.6 Å². The molecule has 0 unspecified atom stereocenters. The number of methoxy groups -OCH3 is 1. The van der Waals surface area contributed by atoms with Crippen LogP contribution in [0.5, 0.6) is 5.75 Å². The van der Waals surface area contributed by atoms with Crippen LogP contribution in [0.4, 0.5) is 10.5 Å². The van der Waals surface area contributed by atoms with Gasteiger partial charge in [0, 0.05) is 11.3 Å². The van der Waals surface area contributed by atoms with Gasteiger partial charge in [-0.15, -0.1) is 0 Å². The number of hydrogen-bond donors (Lipinski definition) is 1. The van der Waals surface area contributed by atoms with Crippen molar-refractivity contribution in [3.05, 3.63) is 76.7 Å². The van der Waals surface area contributed by atoms with Gasteiger partial charge in [0.2, 0.25) is 5.91 Å². The summed E-state index contributed by atoms with van der Waals surface area (Å²) in [5.74, 6) is -0.330. The number of thioether (sulfide) groups is 1. The number of rotatable bonds is 5. The van der Waals surface area contributed by atoms with Crippen molar-refractivity contribution in [3.8, 4) is 5.75 Å². The van der Waals surface area contributed by atoms with Gasteiger partial charge in [0.05, 0.1) is 12.0 Å². The predicted octanol–water partition coefficient (Wildman–Crippen LogP) is 4.83. The highest BCUT2D eigenvalue weighted by Gasteiger charge is 2.36. The van der Waals surface area contributed by atoms with E-state index < -0.39 is 17.1 Å². The third-order valence-electron chi connectivity index (χ3n) is 4.90. The van der Waals surface area contributed by atoms with Crippen molar-refractivity contribution in [3.63, 3.8) is 0 Å². The van der Waals surface area contributed by atoms with Crippen LogP contribution in [0, 0.1) is 6.92 Å². The zero-order valence-corrected chi connectivity index (χ0v) is 17.9. The summed E-state index contributed by atoms with van der Waals surface area (Å²) in [5.41, 5.74) is 2.33. The molecule has 1 N–H and O–H groups in total. The van der Waals surface area contributed by atoms with E-state index in [1.807, 2.05) is 61.5 Å². The molecule has 0 atom stereocenters. The summed E-state index contributed by atoms with van der Waals surface area (Å²) in [6.45, 7) is 1.57. The molecular weight excluding hydrogens is 412 g/mol. The minimum atomic E-state index is -0.496. The smallest absolute Gasteiger partial charge is 0.294 e. The first-order chi connectivity index (χ1) is 15.0. The number of imide groups is 1. The summed E-state index contributed by atoms with van der Waals surface area (Å²) in [4.78, 5) is 39.0. The summed E-state index contributed by atoms with van der Waals surface area (Å²) in [5, 5.41) is 4.15. The molecule has 3 aromatic carbocycles. The van der Waals surface area contributed by atoms with Crippen LogP contribution >= 0.6 is 11.8 Å². The van der Waals surface area contributed by atoms with Gasteiger partial charge < -0.3 is 10.1 Å². The summed E-state index contributed by atoms with van der Waals surface area (Å²) in [6.07, 6.45) is 1.66. The Bertz CT molecular complexity index is 1240. The lowest BCUT2D eigenvalue weighted by Crippen LogP contribution is -2.36. The average Bonchev–Trinajstić information content (AvgIpc) is 3.01. The second-order valence-corrected chi connectivity index (χ2v) is 8.08. The number of hydrogen-bond acceptors (Lipinski definition) is 5. The van der Waals surface area contributed by atoms with E-state index in [0.717, 1.165) is 38.6 Å². The van der Waals surface area contributed by atoms with Crippen molar-refractivity contribution in [1.82, 2.24) is 4.90 Å². The second kappa shape index (κ2) is 8.65. The van der Waals surface area contributed by atoms with Crippen LogP contribution in [0.3, 0.4) is 0 Å². The topological polar surface area (TPSA) is 75.7 Å². The van der Waals surface area contributed by atoms with E-state index in [9.17, 15) is 14.4 Å². The molecule has 31 heavy (non-hydrogen) atoms. The van der Waals surface area contributed by atoms with Crippen LogP contribution in [0.1, 0.15) is 11.1 Å². The zero-order valence-electron chi connectivity index (χ0n) is 17.0. The quantitative estimate of drug-likeness (QED) is 0.585. The van der Waals surface area contributed by atoms with Crippen molar-refractivity contribution < 1.29 is 19.1 Å². The van der Waals surface area contributed by atoms with E-state index in [1.54, 1.807) is 19.3 Å². The first-order valence-electron chi connectivity index (χ1n) is 9.64. The first-order valence-corrected chi connectivity index (χ1v) is 10.5. The molecule has 0 spiro atoms. The number of nitrogens with one attached hydrogen (secondary N) is 1. The fraction of sp³-hybridized carbons (Fsp3) is 0.125. The fourth-order valence-corrected chi connectivity index (χ4v) is 4.26. The Morgan fingerprint density at radius 1 is 1.10 bits per heavy atom. The van der Waals surface area contributed by atoms with Gasteiger partial charge in [-0.25, -0.2) is 0 Å². The minimum absolute atomic E-state index is 0.253. The largest absolute Gasteiger partial charge is 0.496 e. The van der Waals surface area contributed by atoms with E-state index in [-0.39, 0.29) is 11.4 Å². The van der Waals surface area contributed by atoms with E-state index in [2.05, 4.69) is 5.32 Å². The van der Waals surface area contributed by atoms with E-state index >= 15 is 0 Å². The Hall–Kier alpha value is -3.58. The first kappa shape index (κ1) is 20.7. The SMILES string of the molecule is COc1ccc2ccccc2c1/C=C1/SC(=O)N(CC(=O)Nc2cccc(C)c2)C1=O. The maximum atomic E-state index is 12.9. The summed E-state index contributed by atoms with van der Waals surface area (Å²) >= 11 is 0.818. The molecule has 0 aromatic heterocycles. The molecule has 7 heteroatoms. The lowest BCUT2D eigenvalue weighted by atomic mass is 10.0. The van der Waals surface area contributed by atoms with Crippen molar-refractivity contribution in [2.45, 2.75) is 6.92 Å². The molecule has 156 valence electrons. The Kier molecular flexibility index (Phi) is 5.77. The third-order valence-corrected chi connectivity index (χ3v) is 5.81. The van der Waals surface area contributed by atoms with Gasteiger partial charge in [-0.2, -0.15) is 0 Å². The van der Waals surface area contributed by atoms with Gasteiger partial charge in [-0.05, 0) is 59.3 Å². The molecule has 1 fully saturated rings. The predicted molar refractivity (Wildman–Crippen MR) is 123 cm³/mol. The van der Waals surface area contributed by atoms with Gasteiger partial charge in [-0.3, -0.25) is 19.3 Å². The highest BCUT2D eigenvalue weighted by molar-refractivity contribution is 8.18. The molecule has 1 aliphatic rings. The normalized spacial score (nSPS) is 15.0. The monoisotopic (exact) mass is 432 g/mol. The van der Waals surface area contributed by atoms with Crippen molar-refractivity contribution in [1.29, 1.82) is 0 Å². The van der Waals surface area contributed by atoms with Crippen LogP contribution in [0.15, 0.2) is 65.6 Å². The number of nitrogens with zero attached hydrogens (tertiary/aromatic N) is 1. The van der Waals surface area contributed by atoms with Gasteiger partial charge >= 0.3 is 0 Å². The van der Waals surface area contributed by atoms with Gasteiger partial charge in [0.25, 0.3) is 11.1 Å². The number of fused-ring (bicyclic) bond motifs is 1. The number of aryl methyl sites for hydroxylation is 1. The Balaban J connectivity index is 1.58. The molecule has 6 nitrogen and oxygen atoms in total. The van der Waals surface area contributed by atoms with Gasteiger partial charge in [-0.1, -0.05) is 42.5 Å². The molecule has 1 heterocycles. The molecule has 0 aliphatic carbocycles. The molecule has 0 saturated carbocycles. The molecule has 3 aromatic rings. The van der Waals surface area contributed by atoms with Crippen LogP contribution in [0.2, 0.25) is 0 Å². The van der Waals surface area contributed by atoms with Crippen molar-refractivity contribution in [2.24, 2.45) is 0 Å². The standard InChI is InChI=1S/C24H20N2O4S/c1-15-6-5-8-17(12-15)25-22(27)14-26-23(28)21(31-24(26)29)13-19-18-9-4-3-7-16(18)10-11-20(19)30-2/h3-13H,14H2,1-2H3,(H,25,27)/b21-13+. The van der Waals surface area contributed by atoms with E-state index in [0.29, 0.717) is 11.4 Å². The number of ether oxygens (including phenoxy) is 1. The maximum absolute atomic E-state index is 12.9. The Morgan fingerprint density at radius 3 is 2.68 bits per heavy atom. The maximum Gasteiger partial charge on any atom is 0.294 e. The Morgan fingerprint density at radius 2 is 1.90 bits per heavy atom. The highest BCUT2D eigenvalue weighted by atomic mass is 32.2. The molecule has 4 rings (SSSR count). The molecule has 0 bridgehead atoms. The average molecular weight is 433 g/mol. The van der Waals surface area contributed by atoms with Gasteiger partial charge in [0.1, 0.15) is 12.3 Å². The summed E-state index contributed by atoms with van der Waals surface area (Å²) in [6, 6.07) is 18.8. The van der Waals surface area contributed by atoms with Crippen LogP contribution < -0.4 is 10.1 Å². The molecule has 0 radical (unpaired) electrons. The summed E-state index contributed by atoms with van der Waals surface area (Å²) < 4.78 is 5.47. The molecular formula is C24H20N2O4S. The number of carbonyl (C=O) groups excluding carboxylic acids is 3. The fourth-order valence-electron chi connectivity index (χ4n) is 3.44. The van der Waals surface area contributed by atoms with E-state index in [1.165, 1.54) is 0 Å². The lowest BCUT2D eigenvalue weighted by Gasteiger charge is -2.13. The summed E-state index contributed by atoms with van der Waals surface area (Å²) in [7, 11) is 1.56. The zero-order chi connectivity index (χ0) is 22.0. The number of benzene rings is 3. The van der Waals surface area contributed by atoms with Gasteiger partial charge in [0.15, 0.2) is 0 Å². The lowest BCUT2D eigenvalue weighted by molar-refractivity contribution is -0.127. The molecule has 1 saturated heterocycles. The third kappa shape index (κ3) is 4.32.